The number of carbonyl (C=O) groups excluding carboxylic acids is 4. The second-order valence-electron chi connectivity index (χ2n) is 24.0. The quantitative estimate of drug-likeness (QED) is 0.0222. The largest absolute Gasteiger partial charge is 0.472 e. The van der Waals surface area contributed by atoms with Gasteiger partial charge in [-0.2, -0.15) is 0 Å². The van der Waals surface area contributed by atoms with Gasteiger partial charge in [-0.1, -0.05) is 279 Å². The van der Waals surface area contributed by atoms with Gasteiger partial charge in [-0.25, -0.2) is 9.13 Å². The Bertz CT molecular complexity index is 1640. The van der Waals surface area contributed by atoms with Gasteiger partial charge in [0.2, 0.25) is 0 Å². The summed E-state index contributed by atoms with van der Waals surface area (Å²) in [4.78, 5) is 72.1. The van der Waals surface area contributed by atoms with Crippen LogP contribution in [-0.4, -0.2) is 96.7 Å². The van der Waals surface area contributed by atoms with E-state index < -0.39 is 97.5 Å². The van der Waals surface area contributed by atoms with Crippen LogP contribution in [0.2, 0.25) is 0 Å². The summed E-state index contributed by atoms with van der Waals surface area (Å²) < 4.78 is 67.9. The van der Waals surface area contributed by atoms with Gasteiger partial charge in [-0.05, 0) is 31.6 Å². The third-order valence-corrected chi connectivity index (χ3v) is 16.9. The third-order valence-electron chi connectivity index (χ3n) is 15.0. The zero-order chi connectivity index (χ0) is 62.0. The van der Waals surface area contributed by atoms with Crippen molar-refractivity contribution in [3.63, 3.8) is 0 Å². The normalized spacial score (nSPS) is 14.2. The summed E-state index contributed by atoms with van der Waals surface area (Å²) in [5, 5.41) is 10.5. The van der Waals surface area contributed by atoms with Gasteiger partial charge in [0.25, 0.3) is 0 Å². The predicted octanol–water partition coefficient (Wildman–Crippen LogP) is 18.2. The van der Waals surface area contributed by atoms with Crippen LogP contribution in [0.5, 0.6) is 0 Å². The molecule has 2 unspecified atom stereocenters. The summed E-state index contributed by atoms with van der Waals surface area (Å²) in [5.41, 5.74) is 0. The highest BCUT2D eigenvalue weighted by Crippen LogP contribution is 2.45. The molecule has 0 aliphatic carbocycles. The molecule has 0 rings (SSSR count). The Morgan fingerprint density at radius 2 is 0.548 bits per heavy atom. The van der Waals surface area contributed by atoms with Crippen LogP contribution in [0.15, 0.2) is 0 Å². The van der Waals surface area contributed by atoms with Gasteiger partial charge in [-0.3, -0.25) is 37.3 Å². The fourth-order valence-electron chi connectivity index (χ4n) is 9.76. The van der Waals surface area contributed by atoms with Gasteiger partial charge >= 0.3 is 39.5 Å². The van der Waals surface area contributed by atoms with Crippen molar-refractivity contribution in [2.24, 2.45) is 5.92 Å². The Morgan fingerprint density at radius 1 is 0.321 bits per heavy atom. The minimum atomic E-state index is -4.94. The topological polar surface area (TPSA) is 237 Å². The number of aliphatic hydroxyl groups is 1. The van der Waals surface area contributed by atoms with Crippen molar-refractivity contribution in [2.75, 3.05) is 39.6 Å². The molecule has 0 spiro atoms. The molecule has 17 nitrogen and oxygen atoms in total. The number of phosphoric ester groups is 2. The van der Waals surface area contributed by atoms with Crippen LogP contribution in [0.3, 0.4) is 0 Å². The van der Waals surface area contributed by atoms with Crippen LogP contribution in [0, 0.1) is 5.92 Å². The van der Waals surface area contributed by atoms with E-state index in [9.17, 15) is 43.2 Å². The molecular weight excluding hydrogens is 1110 g/mol. The lowest BCUT2D eigenvalue weighted by molar-refractivity contribution is -0.161. The van der Waals surface area contributed by atoms with Crippen LogP contribution in [-0.2, 0) is 65.4 Å². The minimum Gasteiger partial charge on any atom is -0.462 e. The lowest BCUT2D eigenvalue weighted by atomic mass is 10.0. The third kappa shape index (κ3) is 59.0. The van der Waals surface area contributed by atoms with Crippen LogP contribution in [0.4, 0.5) is 0 Å². The van der Waals surface area contributed by atoms with Crippen LogP contribution < -0.4 is 0 Å². The van der Waals surface area contributed by atoms with Crippen molar-refractivity contribution in [3.05, 3.63) is 0 Å². The van der Waals surface area contributed by atoms with E-state index in [0.29, 0.717) is 31.6 Å². The molecule has 0 aromatic rings. The molecule has 0 amide bonds. The second kappa shape index (κ2) is 58.7. The van der Waals surface area contributed by atoms with Gasteiger partial charge in [0.1, 0.15) is 19.3 Å². The van der Waals surface area contributed by atoms with Crippen molar-refractivity contribution in [1.82, 2.24) is 0 Å². The molecule has 84 heavy (non-hydrogen) atoms. The summed E-state index contributed by atoms with van der Waals surface area (Å²) in [6.07, 6.45) is 43.3. The van der Waals surface area contributed by atoms with E-state index in [-0.39, 0.29) is 25.7 Å². The van der Waals surface area contributed by atoms with Crippen molar-refractivity contribution >= 4 is 39.5 Å². The van der Waals surface area contributed by atoms with Crippen molar-refractivity contribution in [3.8, 4) is 0 Å². The lowest BCUT2D eigenvalue weighted by Gasteiger charge is -2.21. The molecule has 5 atom stereocenters. The van der Waals surface area contributed by atoms with Crippen LogP contribution in [0.25, 0.3) is 0 Å². The van der Waals surface area contributed by atoms with Gasteiger partial charge in [-0.15, -0.1) is 0 Å². The number of aliphatic hydroxyl groups excluding tert-OH is 1. The van der Waals surface area contributed by atoms with Gasteiger partial charge in [0.05, 0.1) is 26.4 Å². The second-order valence-corrected chi connectivity index (χ2v) is 26.9. The smallest absolute Gasteiger partial charge is 0.462 e. The number of ether oxygens (including phenoxy) is 4. The molecule has 0 aromatic heterocycles. The standard InChI is InChI=1S/C65H126O17P2/c1-6-9-12-15-18-20-22-24-25-26-27-29-31-34-40-45-50-64(69)81-60(55-76-63(68)49-44-39-33-30-28-23-21-19-16-13-10-7-2)56-79-83(71,72)77-52-59(66)53-78-84(73,74)80-57-61(54-75-62(67)48-43-38-32-17-14-11-8-3)82-65(70)51-46-41-36-35-37-42-47-58(4)5/h58-61,66H,6-57H2,1-5H3,(H,71,72)(H,73,74)/t59-,60-,61-/m1/s1. The minimum absolute atomic E-state index is 0.102. The number of phosphoric acid groups is 2. The lowest BCUT2D eigenvalue weighted by Crippen LogP contribution is -2.30. The molecular formula is C65H126O17P2. The first-order valence-corrected chi connectivity index (χ1v) is 37.1. The van der Waals surface area contributed by atoms with Crippen molar-refractivity contribution < 1.29 is 80.2 Å². The summed E-state index contributed by atoms with van der Waals surface area (Å²) in [5.74, 6) is -1.47. The molecule has 498 valence electrons. The number of rotatable bonds is 65. The van der Waals surface area contributed by atoms with E-state index >= 15 is 0 Å². The molecule has 0 aromatic carbocycles. The number of unbranched alkanes of at least 4 members (excludes halogenated alkanes) is 37. The average molecular weight is 1240 g/mol. The van der Waals surface area contributed by atoms with Gasteiger partial charge in [0, 0.05) is 25.7 Å². The molecule has 0 aliphatic heterocycles. The summed E-state index contributed by atoms with van der Waals surface area (Å²) in [6, 6.07) is 0. The van der Waals surface area contributed by atoms with Crippen LogP contribution in [0.1, 0.15) is 330 Å². The molecule has 0 heterocycles. The molecule has 0 radical (unpaired) electrons. The zero-order valence-electron chi connectivity index (χ0n) is 54.0. The first kappa shape index (κ1) is 82.1. The Labute approximate surface area is 511 Å². The summed E-state index contributed by atoms with van der Waals surface area (Å²) in [6.45, 7) is 7.07. The highest BCUT2D eigenvalue weighted by atomic mass is 31.2. The number of hydrogen-bond donors (Lipinski definition) is 3. The van der Waals surface area contributed by atoms with E-state index in [1.165, 1.54) is 141 Å². The number of esters is 4. The van der Waals surface area contributed by atoms with Crippen molar-refractivity contribution in [1.29, 1.82) is 0 Å². The molecule has 0 saturated carbocycles. The summed E-state index contributed by atoms with van der Waals surface area (Å²) in [7, 11) is -9.88. The summed E-state index contributed by atoms with van der Waals surface area (Å²) >= 11 is 0. The first-order chi connectivity index (χ1) is 40.5. The van der Waals surface area contributed by atoms with E-state index in [1.807, 2.05) is 0 Å². The molecule has 0 fully saturated rings. The van der Waals surface area contributed by atoms with E-state index in [0.717, 1.165) is 103 Å². The maximum absolute atomic E-state index is 13.0. The Morgan fingerprint density at radius 3 is 0.810 bits per heavy atom. The molecule has 19 heteroatoms. The predicted molar refractivity (Wildman–Crippen MR) is 335 cm³/mol. The maximum Gasteiger partial charge on any atom is 0.472 e. The van der Waals surface area contributed by atoms with E-state index in [1.54, 1.807) is 0 Å². The Kier molecular flexibility index (Phi) is 57.4. The molecule has 3 N–H and O–H groups in total. The highest BCUT2D eigenvalue weighted by molar-refractivity contribution is 7.47. The van der Waals surface area contributed by atoms with Crippen LogP contribution >= 0.6 is 15.6 Å². The zero-order valence-corrected chi connectivity index (χ0v) is 55.8. The maximum atomic E-state index is 13.0. The Balaban J connectivity index is 5.19. The average Bonchev–Trinajstić information content (AvgIpc) is 3.59. The van der Waals surface area contributed by atoms with E-state index in [4.69, 9.17) is 37.0 Å². The fourth-order valence-corrected chi connectivity index (χ4v) is 11.3. The fraction of sp³-hybridized carbons (Fsp3) is 0.938. The Hall–Kier alpha value is -1.94. The molecule has 0 aliphatic rings. The monoisotopic (exact) mass is 1240 g/mol. The molecule has 0 bridgehead atoms. The molecule has 0 saturated heterocycles. The number of carbonyl (C=O) groups is 4. The first-order valence-electron chi connectivity index (χ1n) is 34.1. The van der Waals surface area contributed by atoms with E-state index in [2.05, 4.69) is 34.6 Å². The van der Waals surface area contributed by atoms with Crippen molar-refractivity contribution in [2.45, 2.75) is 348 Å². The highest BCUT2D eigenvalue weighted by Gasteiger charge is 2.30. The SMILES string of the molecule is CCCCCCCCCCCCCCCCCCC(=O)O[C@H](COC(=O)CCCCCCCCCCCCCC)COP(=O)(O)OC[C@@H](O)COP(=O)(O)OC[C@@H](COC(=O)CCCCCCCCC)OC(=O)CCCCCCCCC(C)C. The van der Waals surface area contributed by atoms with Gasteiger partial charge < -0.3 is 33.8 Å². The number of hydrogen-bond acceptors (Lipinski definition) is 15. The van der Waals surface area contributed by atoms with Gasteiger partial charge in [0.15, 0.2) is 12.2 Å².